The first-order valence-corrected chi connectivity index (χ1v) is 13.2. The first kappa shape index (κ1) is 28.3. The van der Waals surface area contributed by atoms with Gasteiger partial charge in [0.25, 0.3) is 5.56 Å². The molecule has 8 N–H and O–H groups in total. The highest BCUT2D eigenvalue weighted by atomic mass is 31.3. The van der Waals surface area contributed by atoms with Crippen LogP contribution in [0.5, 0.6) is 0 Å². The number of nitrogens with zero attached hydrogens (tertiary/aromatic N) is 1. The second kappa shape index (κ2) is 10.6. The minimum Gasteiger partial charge on any atom is -0.390 e. The number of hydrogen-bond acceptors (Lipinski definition) is 13. The fourth-order valence-corrected chi connectivity index (χ4v) is 5.60. The third-order valence-electron chi connectivity index (χ3n) is 5.42. The second-order valence-electron chi connectivity index (χ2n) is 8.10. The zero-order valence-corrected chi connectivity index (χ0v) is 20.2. The number of aryl methyl sites for hydroxylation is 1. The summed E-state index contributed by atoms with van der Waals surface area (Å²) < 4.78 is 49.3. The Morgan fingerprint density at radius 1 is 1.17 bits per heavy atom. The average Bonchev–Trinajstić information content (AvgIpc) is 3.11. The lowest BCUT2D eigenvalue weighted by Gasteiger charge is -2.39. The molecule has 0 saturated carbocycles. The molecule has 35 heavy (non-hydrogen) atoms. The number of nitrogens with one attached hydrogen (secondary N) is 1. The monoisotopic (exact) mass is 547 g/mol. The van der Waals surface area contributed by atoms with E-state index in [-0.39, 0.29) is 12.0 Å². The predicted octanol–water partition coefficient (Wildman–Crippen LogP) is -2.46. The van der Waals surface area contributed by atoms with Crippen molar-refractivity contribution in [3.63, 3.8) is 0 Å². The van der Waals surface area contributed by atoms with Gasteiger partial charge in [-0.2, -0.15) is 4.31 Å². The van der Waals surface area contributed by atoms with Crippen LogP contribution in [0.2, 0.25) is 0 Å². The van der Waals surface area contributed by atoms with Crippen LogP contribution in [0.25, 0.3) is 0 Å². The summed E-state index contributed by atoms with van der Waals surface area (Å²) in [6.45, 7) is 2.03. The molecule has 0 aliphatic carbocycles. The van der Waals surface area contributed by atoms with E-state index in [9.17, 15) is 43.8 Å². The van der Waals surface area contributed by atoms with Crippen molar-refractivity contribution < 1.29 is 57.1 Å². The molecular formula is C16H27N3O14P2. The number of ether oxygens (including phenoxy) is 2. The summed E-state index contributed by atoms with van der Waals surface area (Å²) in [4.78, 5) is 45.2. The Morgan fingerprint density at radius 2 is 1.83 bits per heavy atom. The largest absolute Gasteiger partial charge is 0.483 e. The molecule has 2 unspecified atom stereocenters. The minimum absolute atomic E-state index is 0.142. The van der Waals surface area contributed by atoms with Crippen LogP contribution in [0.1, 0.15) is 25.1 Å². The maximum absolute atomic E-state index is 12.2. The van der Waals surface area contributed by atoms with Gasteiger partial charge in [-0.25, -0.2) is 13.9 Å². The summed E-state index contributed by atoms with van der Waals surface area (Å²) >= 11 is 0. The summed E-state index contributed by atoms with van der Waals surface area (Å²) in [6, 6.07) is -1.03. The van der Waals surface area contributed by atoms with Gasteiger partial charge in [-0.05, 0) is 13.8 Å². The number of phosphoric acid groups is 2. The van der Waals surface area contributed by atoms with Crippen LogP contribution in [0, 0.1) is 6.92 Å². The molecule has 2 saturated heterocycles. The lowest BCUT2D eigenvalue weighted by Crippen LogP contribution is -2.60. The van der Waals surface area contributed by atoms with Crippen LogP contribution in [-0.2, 0) is 32.0 Å². The van der Waals surface area contributed by atoms with Gasteiger partial charge in [0.2, 0.25) is 0 Å². The average molecular weight is 547 g/mol. The van der Waals surface area contributed by atoms with E-state index < -0.39 is 82.6 Å². The van der Waals surface area contributed by atoms with Gasteiger partial charge in [-0.15, -0.1) is 0 Å². The summed E-state index contributed by atoms with van der Waals surface area (Å²) in [7, 11) is -10.7. The smallest absolute Gasteiger partial charge is 0.390 e. The number of aliphatic hydroxyl groups is 3. The maximum Gasteiger partial charge on any atom is 0.483 e. The number of aromatic nitrogens is 2. The van der Waals surface area contributed by atoms with Crippen molar-refractivity contribution in [1.29, 1.82) is 0 Å². The first-order chi connectivity index (χ1) is 16.1. The summed E-state index contributed by atoms with van der Waals surface area (Å²) in [5, 5.41) is 29.9. The van der Waals surface area contributed by atoms with Crippen molar-refractivity contribution in [2.45, 2.75) is 69.3 Å². The van der Waals surface area contributed by atoms with Crippen molar-refractivity contribution in [3.8, 4) is 0 Å². The van der Waals surface area contributed by atoms with Crippen LogP contribution in [0.4, 0.5) is 0 Å². The van der Waals surface area contributed by atoms with E-state index in [1.165, 1.54) is 20.0 Å². The number of rotatable bonds is 8. The molecule has 3 heterocycles. The van der Waals surface area contributed by atoms with Gasteiger partial charge in [0.1, 0.15) is 24.5 Å². The van der Waals surface area contributed by atoms with Gasteiger partial charge < -0.3 is 40.3 Å². The minimum atomic E-state index is -5.40. The fraction of sp³-hybridized carbons (Fsp3) is 0.750. The predicted molar refractivity (Wildman–Crippen MR) is 113 cm³/mol. The van der Waals surface area contributed by atoms with E-state index in [1.807, 2.05) is 0 Å². The summed E-state index contributed by atoms with van der Waals surface area (Å²) in [5.74, 6) is 0. The summed E-state index contributed by atoms with van der Waals surface area (Å²) in [5.41, 5.74) is 4.39. The van der Waals surface area contributed by atoms with Crippen LogP contribution < -0.4 is 17.0 Å². The molecule has 17 nitrogen and oxygen atoms in total. The highest BCUT2D eigenvalue weighted by molar-refractivity contribution is 7.61. The molecule has 1 aromatic heterocycles. The van der Waals surface area contributed by atoms with E-state index in [1.54, 1.807) is 0 Å². The Hall–Kier alpha value is -1.30. The molecule has 2 aliphatic rings. The van der Waals surface area contributed by atoms with E-state index in [4.69, 9.17) is 15.2 Å². The molecule has 1 aromatic rings. The highest BCUT2D eigenvalue weighted by Crippen LogP contribution is 2.61. The number of aromatic amines is 1. The van der Waals surface area contributed by atoms with Crippen molar-refractivity contribution in [1.82, 2.24) is 9.55 Å². The Labute approximate surface area is 197 Å². The standard InChI is InChI=1S/C16H27N3O14P2/c1-6-4-19(16(24)18-14(6)23)10-3-8(20)9(31-10)5-29-34(25,26)33-35(27,28)32-15-13(22)12(21)11(17)7(2)30-15/h4,7-13,15,20-22H,3,5,17H2,1-2H3,(H,25,26)(H,27,28)(H,18,23,24)/t7-,8+,9-,10-,11+,12+,13-,15-/m1/s1. The molecule has 200 valence electrons. The fourth-order valence-electron chi connectivity index (χ4n) is 3.44. The third kappa shape index (κ3) is 6.72. The van der Waals surface area contributed by atoms with Gasteiger partial charge in [0.05, 0.1) is 24.9 Å². The summed E-state index contributed by atoms with van der Waals surface area (Å²) in [6.07, 6.45) is -8.81. The molecule has 19 heteroatoms. The molecule has 0 bridgehead atoms. The van der Waals surface area contributed by atoms with Gasteiger partial charge in [0.15, 0.2) is 6.29 Å². The van der Waals surface area contributed by atoms with E-state index in [2.05, 4.69) is 18.3 Å². The van der Waals surface area contributed by atoms with Crippen LogP contribution in [-0.4, -0.2) is 84.1 Å². The normalized spacial score (nSPS) is 37.0. The SMILES string of the molecule is Cc1cn([C@H]2C[C@H](O)[C@@H](COP(=O)(O)OP(=O)(O)O[C@H]3O[C@H](C)[C@H](N)[C@H](O)[C@H]3O)O2)c(=O)[nH]c1=O. The topological polar surface area (TPSA) is 262 Å². The number of phosphoric ester groups is 2. The molecule has 0 aromatic carbocycles. The Kier molecular flexibility index (Phi) is 8.56. The maximum atomic E-state index is 12.2. The van der Waals surface area contributed by atoms with Gasteiger partial charge in [0, 0.05) is 18.2 Å². The lowest BCUT2D eigenvalue weighted by atomic mass is 9.98. The number of nitrogens with two attached hydrogens (primary N) is 1. The van der Waals surface area contributed by atoms with Crippen LogP contribution >= 0.6 is 15.6 Å². The Bertz CT molecular complexity index is 1130. The van der Waals surface area contributed by atoms with E-state index >= 15 is 0 Å². The van der Waals surface area contributed by atoms with Crippen molar-refractivity contribution in [2.24, 2.45) is 5.73 Å². The number of hydrogen-bond donors (Lipinski definition) is 7. The second-order valence-corrected chi connectivity index (χ2v) is 11.1. The molecule has 0 radical (unpaired) electrons. The van der Waals surface area contributed by atoms with Crippen LogP contribution in [0.3, 0.4) is 0 Å². The molecule has 0 amide bonds. The molecule has 2 aliphatic heterocycles. The molecule has 10 atom stereocenters. The molecule has 0 spiro atoms. The molecule has 3 rings (SSSR count). The lowest BCUT2D eigenvalue weighted by molar-refractivity contribution is -0.242. The van der Waals surface area contributed by atoms with Gasteiger partial charge in [-0.3, -0.25) is 23.4 Å². The van der Waals surface area contributed by atoms with Crippen molar-refractivity contribution in [3.05, 3.63) is 32.6 Å². The highest BCUT2D eigenvalue weighted by Gasteiger charge is 2.47. The zero-order valence-electron chi connectivity index (χ0n) is 18.4. The zero-order chi connectivity index (χ0) is 26.3. The Balaban J connectivity index is 1.59. The van der Waals surface area contributed by atoms with Crippen LogP contribution in [0.15, 0.2) is 15.8 Å². The number of H-pyrrole nitrogens is 1. The number of aliphatic hydroxyl groups excluding tert-OH is 3. The van der Waals surface area contributed by atoms with Crippen molar-refractivity contribution in [2.75, 3.05) is 6.61 Å². The van der Waals surface area contributed by atoms with E-state index in [0.29, 0.717) is 0 Å². The quantitative estimate of drug-likeness (QED) is 0.166. The Morgan fingerprint density at radius 3 is 2.49 bits per heavy atom. The first-order valence-electron chi connectivity index (χ1n) is 10.2. The van der Waals surface area contributed by atoms with Gasteiger partial charge >= 0.3 is 21.3 Å². The van der Waals surface area contributed by atoms with Crippen molar-refractivity contribution >= 4 is 15.6 Å². The molecular weight excluding hydrogens is 520 g/mol. The molecule has 2 fully saturated rings. The third-order valence-corrected chi connectivity index (χ3v) is 8.02. The van der Waals surface area contributed by atoms with Gasteiger partial charge in [-0.1, -0.05) is 0 Å². The van der Waals surface area contributed by atoms with E-state index in [0.717, 1.165) is 4.57 Å².